The monoisotopic (exact) mass is 386 g/mol. The molecule has 1 amide bonds. The zero-order valence-electron chi connectivity index (χ0n) is 15.5. The molecule has 3 rings (SSSR count). The van der Waals surface area contributed by atoms with Crippen molar-refractivity contribution >= 4 is 28.7 Å². The van der Waals surface area contributed by atoms with Gasteiger partial charge in [0.25, 0.3) is 11.3 Å². The SMILES string of the molecule is CCOC(=O)c1noc2nc(C)n(CC(=O)Nc3ccc(OC)cc3)c(=O)c12. The lowest BCUT2D eigenvalue weighted by atomic mass is 10.3. The highest BCUT2D eigenvalue weighted by Crippen LogP contribution is 2.16. The smallest absolute Gasteiger partial charge is 0.361 e. The predicted molar refractivity (Wildman–Crippen MR) is 98.4 cm³/mol. The minimum absolute atomic E-state index is 0.0858. The van der Waals surface area contributed by atoms with Gasteiger partial charge in [-0.15, -0.1) is 0 Å². The normalized spacial score (nSPS) is 10.7. The van der Waals surface area contributed by atoms with Crippen molar-refractivity contribution < 1.29 is 23.6 Å². The molecule has 1 N–H and O–H groups in total. The number of hydrogen-bond donors (Lipinski definition) is 1. The van der Waals surface area contributed by atoms with Crippen LogP contribution in [0.1, 0.15) is 23.2 Å². The zero-order valence-corrected chi connectivity index (χ0v) is 15.5. The molecule has 0 aliphatic rings. The molecular weight excluding hydrogens is 368 g/mol. The molecule has 0 bridgehead atoms. The van der Waals surface area contributed by atoms with Crippen LogP contribution in [0.4, 0.5) is 5.69 Å². The number of carbonyl (C=O) groups is 2. The molecule has 10 nitrogen and oxygen atoms in total. The van der Waals surface area contributed by atoms with Gasteiger partial charge in [0.15, 0.2) is 0 Å². The molecule has 0 unspecified atom stereocenters. The van der Waals surface area contributed by atoms with E-state index in [4.69, 9.17) is 14.0 Å². The number of amides is 1. The standard InChI is InChI=1S/C18H18N4O6/c1-4-27-18(25)15-14-16(28-21-15)19-10(2)22(17(14)24)9-13(23)20-11-5-7-12(26-3)8-6-11/h5-8H,4,9H2,1-3H3,(H,20,23). The summed E-state index contributed by atoms with van der Waals surface area (Å²) < 4.78 is 16.0. The summed E-state index contributed by atoms with van der Waals surface area (Å²) in [6, 6.07) is 6.74. The summed E-state index contributed by atoms with van der Waals surface area (Å²) in [5.74, 6) is -0.337. The fraction of sp³-hybridized carbons (Fsp3) is 0.278. The van der Waals surface area contributed by atoms with Crippen molar-refractivity contribution in [1.29, 1.82) is 0 Å². The van der Waals surface area contributed by atoms with Gasteiger partial charge in [0.05, 0.1) is 13.7 Å². The molecule has 1 aromatic carbocycles. The lowest BCUT2D eigenvalue weighted by Crippen LogP contribution is -2.30. The number of anilines is 1. The van der Waals surface area contributed by atoms with Crippen molar-refractivity contribution in [3.05, 3.63) is 46.1 Å². The highest BCUT2D eigenvalue weighted by atomic mass is 16.5. The van der Waals surface area contributed by atoms with Gasteiger partial charge in [0.2, 0.25) is 11.6 Å². The first kappa shape index (κ1) is 19.1. The average molecular weight is 386 g/mol. The maximum absolute atomic E-state index is 12.8. The molecule has 0 aliphatic carbocycles. The maximum Gasteiger partial charge on any atom is 0.361 e. The van der Waals surface area contributed by atoms with E-state index in [1.165, 1.54) is 0 Å². The Bertz CT molecular complexity index is 1080. The molecule has 0 aliphatic heterocycles. The van der Waals surface area contributed by atoms with E-state index in [0.717, 1.165) is 4.57 Å². The van der Waals surface area contributed by atoms with Crippen LogP contribution in [0.15, 0.2) is 33.6 Å². The Balaban J connectivity index is 1.89. The number of nitrogens with one attached hydrogen (secondary N) is 1. The van der Waals surface area contributed by atoms with Gasteiger partial charge in [-0.1, -0.05) is 5.16 Å². The summed E-state index contributed by atoms with van der Waals surface area (Å²) in [6.45, 7) is 3.00. The van der Waals surface area contributed by atoms with E-state index in [2.05, 4.69) is 15.5 Å². The third-order valence-corrected chi connectivity index (χ3v) is 3.93. The second kappa shape index (κ2) is 7.91. The van der Waals surface area contributed by atoms with Crippen LogP contribution >= 0.6 is 0 Å². The molecule has 2 aromatic heterocycles. The molecule has 146 valence electrons. The molecule has 0 spiro atoms. The topological polar surface area (TPSA) is 126 Å². The molecule has 28 heavy (non-hydrogen) atoms. The van der Waals surface area contributed by atoms with Crippen molar-refractivity contribution in [3.8, 4) is 5.75 Å². The van der Waals surface area contributed by atoms with Crippen molar-refractivity contribution in [2.24, 2.45) is 0 Å². The number of benzene rings is 1. The van der Waals surface area contributed by atoms with Gasteiger partial charge < -0.3 is 19.3 Å². The summed E-state index contributed by atoms with van der Waals surface area (Å²) >= 11 is 0. The molecule has 10 heteroatoms. The Morgan fingerprint density at radius 1 is 1.25 bits per heavy atom. The first-order valence-corrected chi connectivity index (χ1v) is 8.42. The minimum Gasteiger partial charge on any atom is -0.497 e. The van der Waals surface area contributed by atoms with Gasteiger partial charge in [-0.25, -0.2) is 4.79 Å². The van der Waals surface area contributed by atoms with Gasteiger partial charge in [-0.3, -0.25) is 14.2 Å². The summed E-state index contributed by atoms with van der Waals surface area (Å²) in [7, 11) is 1.54. The van der Waals surface area contributed by atoms with Crippen molar-refractivity contribution in [2.45, 2.75) is 20.4 Å². The van der Waals surface area contributed by atoms with E-state index < -0.39 is 17.4 Å². The predicted octanol–water partition coefficient (Wildman–Crippen LogP) is 1.52. The Hall–Kier alpha value is -3.69. The fourth-order valence-corrected chi connectivity index (χ4v) is 2.58. The Kier molecular flexibility index (Phi) is 5.39. The van der Waals surface area contributed by atoms with Crippen molar-refractivity contribution in [1.82, 2.24) is 14.7 Å². The van der Waals surface area contributed by atoms with Gasteiger partial charge in [-0.05, 0) is 38.1 Å². The van der Waals surface area contributed by atoms with Crippen LogP contribution in [0.3, 0.4) is 0 Å². The maximum atomic E-state index is 12.8. The Morgan fingerprint density at radius 3 is 2.61 bits per heavy atom. The summed E-state index contributed by atoms with van der Waals surface area (Å²) in [5.41, 5.74) is -0.421. The van der Waals surface area contributed by atoms with E-state index in [0.29, 0.717) is 11.4 Å². The van der Waals surface area contributed by atoms with Crippen LogP contribution in [0, 0.1) is 6.92 Å². The van der Waals surface area contributed by atoms with E-state index in [1.807, 2.05) is 0 Å². The third-order valence-electron chi connectivity index (χ3n) is 3.93. The average Bonchev–Trinajstić information content (AvgIpc) is 3.10. The zero-order chi connectivity index (χ0) is 20.3. The molecule has 3 aromatic rings. The van der Waals surface area contributed by atoms with Crippen LogP contribution in [-0.4, -0.2) is 40.3 Å². The summed E-state index contributed by atoms with van der Waals surface area (Å²) in [5, 5.41) is 6.14. The molecule has 0 saturated carbocycles. The number of aromatic nitrogens is 3. The molecule has 2 heterocycles. The van der Waals surface area contributed by atoms with E-state index in [9.17, 15) is 14.4 Å². The number of fused-ring (bicyclic) bond motifs is 1. The van der Waals surface area contributed by atoms with Gasteiger partial charge in [0.1, 0.15) is 23.5 Å². The number of aryl methyl sites for hydroxylation is 1. The van der Waals surface area contributed by atoms with Crippen LogP contribution < -0.4 is 15.6 Å². The number of rotatable bonds is 6. The molecule has 0 saturated heterocycles. The van der Waals surface area contributed by atoms with Crippen molar-refractivity contribution in [3.63, 3.8) is 0 Å². The highest BCUT2D eigenvalue weighted by molar-refractivity contribution is 6.00. The Labute approximate surface area is 159 Å². The largest absolute Gasteiger partial charge is 0.497 e. The van der Waals surface area contributed by atoms with Crippen LogP contribution in [-0.2, 0) is 16.1 Å². The van der Waals surface area contributed by atoms with Gasteiger partial charge in [0, 0.05) is 5.69 Å². The number of carbonyl (C=O) groups excluding carboxylic acids is 2. The number of methoxy groups -OCH3 is 1. The first-order valence-electron chi connectivity index (χ1n) is 8.42. The van der Waals surface area contributed by atoms with E-state index >= 15 is 0 Å². The lowest BCUT2D eigenvalue weighted by molar-refractivity contribution is -0.116. The molecule has 0 radical (unpaired) electrons. The lowest BCUT2D eigenvalue weighted by Gasteiger charge is -2.10. The number of ether oxygens (including phenoxy) is 2. The summed E-state index contributed by atoms with van der Waals surface area (Å²) in [4.78, 5) is 41.3. The second-order valence-corrected chi connectivity index (χ2v) is 5.76. The Morgan fingerprint density at radius 2 is 1.96 bits per heavy atom. The highest BCUT2D eigenvalue weighted by Gasteiger charge is 2.24. The van der Waals surface area contributed by atoms with Crippen LogP contribution in [0.5, 0.6) is 5.75 Å². The summed E-state index contributed by atoms with van der Waals surface area (Å²) in [6.07, 6.45) is 0. The quantitative estimate of drug-likeness (QED) is 0.632. The van der Waals surface area contributed by atoms with Crippen LogP contribution in [0.25, 0.3) is 11.1 Å². The van der Waals surface area contributed by atoms with Crippen molar-refractivity contribution in [2.75, 3.05) is 19.0 Å². The van der Waals surface area contributed by atoms with Gasteiger partial charge in [-0.2, -0.15) is 4.98 Å². The third kappa shape index (κ3) is 3.70. The molecular formula is C18H18N4O6. The van der Waals surface area contributed by atoms with E-state index in [1.54, 1.807) is 45.2 Å². The van der Waals surface area contributed by atoms with Gasteiger partial charge >= 0.3 is 5.97 Å². The van der Waals surface area contributed by atoms with Crippen LogP contribution in [0.2, 0.25) is 0 Å². The molecule has 0 atom stereocenters. The molecule has 0 fully saturated rings. The minimum atomic E-state index is -0.793. The van der Waals surface area contributed by atoms with E-state index in [-0.39, 0.29) is 35.8 Å². The fourth-order valence-electron chi connectivity index (χ4n) is 2.58. The number of hydrogen-bond acceptors (Lipinski definition) is 8. The first-order chi connectivity index (χ1) is 13.4. The number of esters is 1. The second-order valence-electron chi connectivity index (χ2n) is 5.76. The number of nitrogens with zero attached hydrogens (tertiary/aromatic N) is 3.